The van der Waals surface area contributed by atoms with E-state index in [9.17, 15) is 0 Å². The fraction of sp³-hybridized carbons (Fsp3) is 0.588. The van der Waals surface area contributed by atoms with Crippen molar-refractivity contribution in [3.63, 3.8) is 0 Å². The van der Waals surface area contributed by atoms with Gasteiger partial charge in [0.1, 0.15) is 0 Å². The van der Waals surface area contributed by atoms with Crippen molar-refractivity contribution in [1.82, 2.24) is 9.80 Å². The molecular formula is C17H27ClIN5O. The number of hydrogen-bond acceptors (Lipinski definition) is 4. The van der Waals surface area contributed by atoms with Crippen molar-refractivity contribution in [2.24, 2.45) is 10.7 Å². The van der Waals surface area contributed by atoms with Crippen LogP contribution in [0.25, 0.3) is 0 Å². The van der Waals surface area contributed by atoms with E-state index in [1.807, 2.05) is 12.1 Å². The Balaban J connectivity index is 0.00000225. The summed E-state index contributed by atoms with van der Waals surface area (Å²) in [6, 6.07) is 8.00. The molecule has 2 aliphatic heterocycles. The minimum atomic E-state index is 0. The summed E-state index contributed by atoms with van der Waals surface area (Å²) in [5.41, 5.74) is 7.37. The van der Waals surface area contributed by atoms with Crippen LogP contribution in [0.3, 0.4) is 0 Å². The number of nitrogens with two attached hydrogens (primary N) is 1. The lowest BCUT2D eigenvalue weighted by atomic mass is 10.2. The molecule has 140 valence electrons. The molecular weight excluding hydrogens is 453 g/mol. The smallest absolute Gasteiger partial charge is 0.191 e. The zero-order chi connectivity index (χ0) is 16.8. The summed E-state index contributed by atoms with van der Waals surface area (Å²) in [4.78, 5) is 11.5. The molecule has 0 amide bonds. The number of halogens is 2. The average molecular weight is 480 g/mol. The van der Waals surface area contributed by atoms with Crippen molar-refractivity contribution in [2.45, 2.75) is 0 Å². The number of guanidine groups is 1. The number of morpholine rings is 1. The van der Waals surface area contributed by atoms with E-state index in [0.29, 0.717) is 5.96 Å². The highest BCUT2D eigenvalue weighted by Gasteiger charge is 2.18. The zero-order valence-corrected chi connectivity index (χ0v) is 17.5. The molecule has 8 heteroatoms. The molecule has 2 saturated heterocycles. The highest BCUT2D eigenvalue weighted by atomic mass is 127. The molecule has 0 saturated carbocycles. The molecule has 0 aromatic heterocycles. The van der Waals surface area contributed by atoms with Gasteiger partial charge in [0.2, 0.25) is 0 Å². The van der Waals surface area contributed by atoms with Crippen molar-refractivity contribution >= 4 is 47.2 Å². The molecule has 0 spiro atoms. The van der Waals surface area contributed by atoms with Crippen LogP contribution in [0.5, 0.6) is 0 Å². The minimum Gasteiger partial charge on any atom is -0.379 e. The lowest BCUT2D eigenvalue weighted by Gasteiger charge is -2.36. The van der Waals surface area contributed by atoms with E-state index >= 15 is 0 Å². The van der Waals surface area contributed by atoms with Crippen LogP contribution in [-0.2, 0) is 4.74 Å². The van der Waals surface area contributed by atoms with Crippen LogP contribution in [-0.4, -0.2) is 81.3 Å². The van der Waals surface area contributed by atoms with E-state index in [0.717, 1.165) is 70.6 Å². The molecule has 0 bridgehead atoms. The van der Waals surface area contributed by atoms with Crippen LogP contribution in [0.4, 0.5) is 5.69 Å². The highest BCUT2D eigenvalue weighted by molar-refractivity contribution is 14.0. The summed E-state index contributed by atoms with van der Waals surface area (Å²) < 4.78 is 5.35. The first-order chi connectivity index (χ1) is 11.7. The van der Waals surface area contributed by atoms with Crippen molar-refractivity contribution in [1.29, 1.82) is 0 Å². The summed E-state index contributed by atoms with van der Waals surface area (Å²) in [5.74, 6) is 0.666. The molecule has 3 rings (SSSR count). The molecule has 1 aromatic carbocycles. The lowest BCUT2D eigenvalue weighted by Crippen LogP contribution is -2.51. The molecule has 1 aromatic rings. The van der Waals surface area contributed by atoms with Crippen molar-refractivity contribution in [3.8, 4) is 0 Å². The largest absolute Gasteiger partial charge is 0.379 e. The van der Waals surface area contributed by atoms with Gasteiger partial charge in [0.05, 0.1) is 19.8 Å². The Morgan fingerprint density at radius 3 is 2.32 bits per heavy atom. The summed E-state index contributed by atoms with van der Waals surface area (Å²) in [6.07, 6.45) is 0. The number of ether oxygens (including phenoxy) is 1. The number of rotatable bonds is 4. The molecule has 0 unspecified atom stereocenters. The Bertz CT molecular complexity index is 542. The molecule has 25 heavy (non-hydrogen) atoms. The third-order valence-corrected chi connectivity index (χ3v) is 4.84. The molecule has 2 heterocycles. The number of benzene rings is 1. The number of piperazine rings is 1. The topological polar surface area (TPSA) is 57.3 Å². The highest BCUT2D eigenvalue weighted by Crippen LogP contribution is 2.19. The molecule has 6 nitrogen and oxygen atoms in total. The Morgan fingerprint density at radius 2 is 1.68 bits per heavy atom. The van der Waals surface area contributed by atoms with Crippen LogP contribution in [0, 0.1) is 0 Å². The van der Waals surface area contributed by atoms with Gasteiger partial charge in [-0.3, -0.25) is 9.89 Å². The van der Waals surface area contributed by atoms with Gasteiger partial charge in [0, 0.05) is 56.5 Å². The Labute approximate surface area is 172 Å². The first kappa shape index (κ1) is 20.5. The second kappa shape index (κ2) is 10.4. The van der Waals surface area contributed by atoms with Crippen LogP contribution in [0.2, 0.25) is 5.02 Å². The van der Waals surface area contributed by atoms with E-state index in [4.69, 9.17) is 22.1 Å². The maximum Gasteiger partial charge on any atom is 0.191 e. The maximum atomic E-state index is 6.16. The molecule has 0 radical (unpaired) electrons. The fourth-order valence-corrected chi connectivity index (χ4v) is 3.20. The number of hydrogen-bond donors (Lipinski definition) is 1. The monoisotopic (exact) mass is 479 g/mol. The third-order valence-electron chi connectivity index (χ3n) is 4.59. The van der Waals surface area contributed by atoms with Crippen molar-refractivity contribution in [2.75, 3.05) is 70.5 Å². The molecule has 2 N–H and O–H groups in total. The number of nitrogens with zero attached hydrogens (tertiary/aromatic N) is 4. The van der Waals surface area contributed by atoms with Gasteiger partial charge in [-0.15, -0.1) is 24.0 Å². The van der Waals surface area contributed by atoms with E-state index < -0.39 is 0 Å². The number of anilines is 1. The number of aliphatic imine (C=N–C) groups is 1. The average Bonchev–Trinajstić information content (AvgIpc) is 2.63. The second-order valence-corrected chi connectivity index (χ2v) is 6.58. The standard InChI is InChI=1S/C17H26ClN5O.HI/c18-15-1-3-16(4-2-15)22-7-9-23(10-8-22)17(19)20-5-6-21-11-13-24-14-12-21;/h1-4H,5-14H2,(H2,19,20);1H. The van der Waals surface area contributed by atoms with Gasteiger partial charge in [-0.05, 0) is 24.3 Å². The Morgan fingerprint density at radius 1 is 1.04 bits per heavy atom. The molecule has 0 aliphatic carbocycles. The van der Waals surface area contributed by atoms with Gasteiger partial charge in [-0.25, -0.2) is 0 Å². The predicted octanol–water partition coefficient (Wildman–Crippen LogP) is 1.73. The minimum absolute atomic E-state index is 0. The third kappa shape index (κ3) is 6.16. The summed E-state index contributed by atoms with van der Waals surface area (Å²) >= 11 is 5.95. The van der Waals surface area contributed by atoms with Gasteiger partial charge in [-0.1, -0.05) is 11.6 Å². The fourth-order valence-electron chi connectivity index (χ4n) is 3.08. The molecule has 2 aliphatic rings. The van der Waals surface area contributed by atoms with E-state index in [2.05, 4.69) is 31.8 Å². The maximum absolute atomic E-state index is 6.16. The first-order valence-corrected chi connectivity index (χ1v) is 8.95. The van der Waals surface area contributed by atoms with Crippen molar-refractivity contribution in [3.05, 3.63) is 29.3 Å². The summed E-state index contributed by atoms with van der Waals surface area (Å²) in [5, 5.41) is 0.772. The summed E-state index contributed by atoms with van der Waals surface area (Å²) in [6.45, 7) is 9.04. The van der Waals surface area contributed by atoms with E-state index in [-0.39, 0.29) is 24.0 Å². The van der Waals surface area contributed by atoms with Crippen molar-refractivity contribution < 1.29 is 4.74 Å². The lowest BCUT2D eigenvalue weighted by molar-refractivity contribution is 0.0394. The molecule has 2 fully saturated rings. The normalized spacial score (nSPS) is 19.6. The SMILES string of the molecule is I.NC(=NCCN1CCOCC1)N1CCN(c2ccc(Cl)cc2)CC1. The second-order valence-electron chi connectivity index (χ2n) is 6.14. The molecule has 0 atom stereocenters. The predicted molar refractivity (Wildman–Crippen MR) is 114 cm³/mol. The van der Waals surface area contributed by atoms with Crippen LogP contribution in [0.1, 0.15) is 0 Å². The van der Waals surface area contributed by atoms with Crippen LogP contribution in [0.15, 0.2) is 29.3 Å². The first-order valence-electron chi connectivity index (χ1n) is 8.58. The summed E-state index contributed by atoms with van der Waals surface area (Å²) in [7, 11) is 0. The van der Waals surface area contributed by atoms with E-state index in [1.54, 1.807) is 0 Å². The van der Waals surface area contributed by atoms with Crippen LogP contribution >= 0.6 is 35.6 Å². The van der Waals surface area contributed by atoms with Gasteiger partial charge in [0.25, 0.3) is 0 Å². The van der Waals surface area contributed by atoms with Gasteiger partial charge >= 0.3 is 0 Å². The van der Waals surface area contributed by atoms with Gasteiger partial charge in [-0.2, -0.15) is 0 Å². The quantitative estimate of drug-likeness (QED) is 0.405. The van der Waals surface area contributed by atoms with Gasteiger partial charge in [0.15, 0.2) is 5.96 Å². The van der Waals surface area contributed by atoms with Crippen LogP contribution < -0.4 is 10.6 Å². The Kier molecular flexibility index (Phi) is 8.54. The Hall–Kier alpha value is -0.770. The zero-order valence-electron chi connectivity index (χ0n) is 14.4. The van der Waals surface area contributed by atoms with Gasteiger partial charge < -0.3 is 20.3 Å². The van der Waals surface area contributed by atoms with E-state index in [1.165, 1.54) is 5.69 Å².